The first-order valence-electron chi connectivity index (χ1n) is 8.82. The van der Waals surface area contributed by atoms with Crippen LogP contribution in [0.1, 0.15) is 31.7 Å². The Morgan fingerprint density at radius 1 is 1.27 bits per heavy atom. The highest BCUT2D eigenvalue weighted by Crippen LogP contribution is 2.41. The highest BCUT2D eigenvalue weighted by Gasteiger charge is 2.37. The highest BCUT2D eigenvalue weighted by atomic mass is 19.1. The summed E-state index contributed by atoms with van der Waals surface area (Å²) in [6.45, 7) is 1.94. The first kappa shape index (κ1) is 15.5. The van der Waals surface area contributed by atoms with Crippen LogP contribution in [0.15, 0.2) is 53.0 Å². The molecule has 0 radical (unpaired) electrons. The van der Waals surface area contributed by atoms with E-state index in [1.165, 1.54) is 12.1 Å². The van der Waals surface area contributed by atoms with Crippen LogP contribution >= 0.6 is 0 Å². The van der Waals surface area contributed by atoms with Gasteiger partial charge < -0.3 is 4.90 Å². The van der Waals surface area contributed by atoms with Crippen LogP contribution in [0, 0.1) is 5.82 Å². The van der Waals surface area contributed by atoms with E-state index in [0.717, 1.165) is 40.9 Å². The fourth-order valence-electron chi connectivity index (χ4n) is 4.24. The van der Waals surface area contributed by atoms with Crippen molar-refractivity contribution in [3.63, 3.8) is 0 Å². The number of aromatic nitrogens is 1. The third-order valence-electron chi connectivity index (χ3n) is 5.46. The van der Waals surface area contributed by atoms with Gasteiger partial charge in [-0.05, 0) is 48.4 Å². The first-order chi connectivity index (χ1) is 12.6. The summed E-state index contributed by atoms with van der Waals surface area (Å²) in [4.78, 5) is 6.32. The number of amidine groups is 1. The third kappa shape index (κ3) is 2.25. The molecule has 4 nitrogen and oxygen atoms in total. The fraction of sp³-hybridized carbons (Fsp3) is 0.300. The van der Waals surface area contributed by atoms with E-state index in [1.807, 2.05) is 13.0 Å². The molecule has 0 saturated carbocycles. The molecule has 2 aliphatic heterocycles. The molecule has 0 amide bonds. The van der Waals surface area contributed by atoms with Crippen LogP contribution in [0.4, 0.5) is 8.78 Å². The molecule has 5 rings (SSSR count). The molecule has 6 heteroatoms. The Bertz CT molecular complexity index is 1010. The van der Waals surface area contributed by atoms with Crippen LogP contribution in [0.5, 0.6) is 0 Å². The van der Waals surface area contributed by atoms with E-state index in [1.54, 1.807) is 18.5 Å². The molecule has 132 valence electrons. The highest BCUT2D eigenvalue weighted by molar-refractivity contribution is 5.95. The molecule has 1 N–H and O–H groups in total. The van der Waals surface area contributed by atoms with Crippen molar-refractivity contribution in [3.8, 4) is 0 Å². The van der Waals surface area contributed by atoms with Gasteiger partial charge in [-0.2, -0.15) is 5.10 Å². The summed E-state index contributed by atoms with van der Waals surface area (Å²) in [5.41, 5.74) is 6.67. The third-order valence-corrected chi connectivity index (χ3v) is 5.46. The summed E-state index contributed by atoms with van der Waals surface area (Å²) in [6.07, 6.45) is 6.41. The van der Waals surface area contributed by atoms with Gasteiger partial charge in [0.05, 0.1) is 0 Å². The van der Waals surface area contributed by atoms with E-state index in [9.17, 15) is 4.39 Å². The van der Waals surface area contributed by atoms with Gasteiger partial charge >= 0.3 is 0 Å². The van der Waals surface area contributed by atoms with Crippen LogP contribution in [0.25, 0.3) is 16.3 Å². The minimum Gasteiger partial charge on any atom is -0.310 e. The van der Waals surface area contributed by atoms with Crippen LogP contribution in [-0.2, 0) is 0 Å². The van der Waals surface area contributed by atoms with Crippen molar-refractivity contribution in [2.24, 2.45) is 5.10 Å². The number of allylic oxidation sites excluding steroid dienone is 4. The molecule has 1 aromatic heterocycles. The number of pyridine rings is 1. The summed E-state index contributed by atoms with van der Waals surface area (Å²) < 4.78 is 28.7. The lowest BCUT2D eigenvalue weighted by atomic mass is 9.85. The van der Waals surface area contributed by atoms with Crippen molar-refractivity contribution < 1.29 is 8.78 Å². The van der Waals surface area contributed by atoms with E-state index >= 15 is 4.39 Å². The quantitative estimate of drug-likeness (QED) is 0.840. The second kappa shape index (κ2) is 5.62. The van der Waals surface area contributed by atoms with Gasteiger partial charge in [-0.15, -0.1) is 0 Å². The van der Waals surface area contributed by atoms with Crippen LogP contribution in [0.2, 0.25) is 0 Å². The monoisotopic (exact) mass is 352 g/mol. The summed E-state index contributed by atoms with van der Waals surface area (Å²) in [5, 5.41) is 5.81. The number of hydrogen-bond acceptors (Lipinski definition) is 4. The zero-order valence-corrected chi connectivity index (χ0v) is 14.3. The zero-order chi connectivity index (χ0) is 17.8. The Kier molecular flexibility index (Phi) is 3.35. The molecule has 2 aromatic rings. The number of alkyl halides is 1. The molecule has 0 saturated heterocycles. The number of hydrogen-bond donors (Lipinski definition) is 1. The van der Waals surface area contributed by atoms with Gasteiger partial charge in [0.1, 0.15) is 24.0 Å². The van der Waals surface area contributed by atoms with E-state index in [0.29, 0.717) is 17.4 Å². The Balaban J connectivity index is 1.64. The maximum absolute atomic E-state index is 15.2. The molecule has 1 aliphatic carbocycles. The minimum atomic E-state index is -1.13. The van der Waals surface area contributed by atoms with Gasteiger partial charge in [0.25, 0.3) is 0 Å². The summed E-state index contributed by atoms with van der Waals surface area (Å²) >= 11 is 0. The van der Waals surface area contributed by atoms with Gasteiger partial charge in [-0.1, -0.05) is 12.1 Å². The normalized spacial score (nSPS) is 24.8. The number of benzene rings is 1. The standard InChI is InChI=1S/C20H18F2N4/c1-11-24-25-20-5-2-12-7-16(18(22)8-19(12)26(11)20)17-10-23-9-13-6-14(21)3-4-15(13)17/h3-4,6-7,9-10,18,20,25H,2,5,8H2,1H3/t18-,20?/m0/s1. The van der Waals surface area contributed by atoms with E-state index in [4.69, 9.17) is 0 Å². The average molecular weight is 352 g/mol. The predicted molar refractivity (Wildman–Crippen MR) is 97.3 cm³/mol. The predicted octanol–water partition coefficient (Wildman–Crippen LogP) is 4.11. The lowest BCUT2D eigenvalue weighted by molar-refractivity contribution is 0.281. The van der Waals surface area contributed by atoms with Crippen molar-refractivity contribution in [2.75, 3.05) is 0 Å². The van der Waals surface area contributed by atoms with Gasteiger partial charge in [-0.3, -0.25) is 10.4 Å². The second-order valence-electron chi connectivity index (χ2n) is 7.01. The van der Waals surface area contributed by atoms with Gasteiger partial charge in [0.15, 0.2) is 0 Å². The van der Waals surface area contributed by atoms with Gasteiger partial charge in [0, 0.05) is 35.5 Å². The second-order valence-corrected chi connectivity index (χ2v) is 7.01. The van der Waals surface area contributed by atoms with Gasteiger partial charge in [-0.25, -0.2) is 8.78 Å². The molecule has 3 aliphatic rings. The fourth-order valence-corrected chi connectivity index (χ4v) is 4.24. The Morgan fingerprint density at radius 3 is 3.04 bits per heavy atom. The number of halogens is 2. The largest absolute Gasteiger partial charge is 0.310 e. The maximum Gasteiger partial charge on any atom is 0.131 e. The average Bonchev–Trinajstić information content (AvgIpc) is 3.02. The van der Waals surface area contributed by atoms with Crippen LogP contribution in [-0.4, -0.2) is 28.1 Å². The maximum atomic E-state index is 15.2. The molecule has 0 bridgehead atoms. The molecule has 0 fully saturated rings. The number of hydrazone groups is 1. The summed E-state index contributed by atoms with van der Waals surface area (Å²) in [7, 11) is 0. The topological polar surface area (TPSA) is 40.5 Å². The molecular formula is C20H18F2N4. The smallest absolute Gasteiger partial charge is 0.131 e. The molecule has 3 heterocycles. The molecule has 1 aromatic carbocycles. The summed E-state index contributed by atoms with van der Waals surface area (Å²) in [6, 6.07) is 4.55. The number of nitrogens with zero attached hydrogens (tertiary/aromatic N) is 3. The van der Waals surface area contributed by atoms with Crippen LogP contribution in [0.3, 0.4) is 0 Å². The van der Waals surface area contributed by atoms with E-state index in [-0.39, 0.29) is 12.0 Å². The lowest BCUT2D eigenvalue weighted by Gasteiger charge is -2.37. The SMILES string of the molecule is CC1=NNC2CCC3=C(C[C@H](F)C(c4cncc5cc(F)ccc45)=C3)N12. The number of fused-ring (bicyclic) bond motifs is 3. The van der Waals surface area contributed by atoms with E-state index in [2.05, 4.69) is 20.4 Å². The summed E-state index contributed by atoms with van der Waals surface area (Å²) in [5.74, 6) is 0.569. The molecule has 2 atom stereocenters. The Labute approximate surface area is 149 Å². The zero-order valence-electron chi connectivity index (χ0n) is 14.3. The molecule has 0 spiro atoms. The van der Waals surface area contributed by atoms with Crippen molar-refractivity contribution >= 4 is 22.2 Å². The lowest BCUT2D eigenvalue weighted by Crippen LogP contribution is -2.43. The van der Waals surface area contributed by atoms with Crippen LogP contribution < -0.4 is 5.43 Å². The molecule has 1 unspecified atom stereocenters. The van der Waals surface area contributed by atoms with Gasteiger partial charge in [0.2, 0.25) is 0 Å². The van der Waals surface area contributed by atoms with Crippen molar-refractivity contribution in [1.29, 1.82) is 0 Å². The Hall–Kier alpha value is -2.76. The number of nitrogens with one attached hydrogen (secondary N) is 1. The Morgan fingerprint density at radius 2 is 2.15 bits per heavy atom. The van der Waals surface area contributed by atoms with Crippen molar-refractivity contribution in [3.05, 3.63) is 59.3 Å². The van der Waals surface area contributed by atoms with Crippen molar-refractivity contribution in [1.82, 2.24) is 15.3 Å². The molecular weight excluding hydrogens is 334 g/mol. The van der Waals surface area contributed by atoms with Crippen molar-refractivity contribution in [2.45, 2.75) is 38.5 Å². The number of rotatable bonds is 1. The first-order valence-corrected chi connectivity index (χ1v) is 8.82. The minimum absolute atomic E-state index is 0.137. The molecule has 26 heavy (non-hydrogen) atoms. The van der Waals surface area contributed by atoms with E-state index < -0.39 is 6.17 Å².